The first-order valence-corrected chi connectivity index (χ1v) is 9.24. The SMILES string of the molecule is CCN(Cc1ccccc1)C(=O)c1cc(Nc2cc(Cl)ccc2OC)ncn1. The van der Waals surface area contributed by atoms with Gasteiger partial charge in [0.2, 0.25) is 0 Å². The Morgan fingerprint density at radius 1 is 1.14 bits per heavy atom. The Kier molecular flexibility index (Phi) is 6.45. The molecule has 1 N–H and O–H groups in total. The summed E-state index contributed by atoms with van der Waals surface area (Å²) in [7, 11) is 1.58. The molecular weight excluding hydrogens is 376 g/mol. The fourth-order valence-corrected chi connectivity index (χ4v) is 2.92. The number of hydrogen-bond acceptors (Lipinski definition) is 5. The van der Waals surface area contributed by atoms with Crippen LogP contribution in [0.3, 0.4) is 0 Å². The third-order valence-electron chi connectivity index (χ3n) is 4.20. The zero-order chi connectivity index (χ0) is 19.9. The average molecular weight is 397 g/mol. The van der Waals surface area contributed by atoms with E-state index < -0.39 is 0 Å². The van der Waals surface area contributed by atoms with Crippen molar-refractivity contribution in [3.05, 3.63) is 77.2 Å². The largest absolute Gasteiger partial charge is 0.495 e. The number of aromatic nitrogens is 2. The van der Waals surface area contributed by atoms with Crippen molar-refractivity contribution in [3.8, 4) is 5.75 Å². The minimum Gasteiger partial charge on any atom is -0.495 e. The Labute approximate surface area is 169 Å². The van der Waals surface area contributed by atoms with Gasteiger partial charge < -0.3 is 15.0 Å². The van der Waals surface area contributed by atoms with E-state index >= 15 is 0 Å². The number of rotatable bonds is 7. The zero-order valence-electron chi connectivity index (χ0n) is 15.7. The first-order chi connectivity index (χ1) is 13.6. The molecule has 2 aromatic carbocycles. The number of carbonyl (C=O) groups excluding carboxylic acids is 1. The molecule has 0 aliphatic heterocycles. The van der Waals surface area contributed by atoms with Crippen molar-refractivity contribution in [1.29, 1.82) is 0 Å². The van der Waals surface area contributed by atoms with Gasteiger partial charge in [-0.25, -0.2) is 9.97 Å². The molecule has 28 heavy (non-hydrogen) atoms. The van der Waals surface area contributed by atoms with Gasteiger partial charge >= 0.3 is 0 Å². The number of methoxy groups -OCH3 is 1. The zero-order valence-corrected chi connectivity index (χ0v) is 16.5. The molecule has 3 rings (SSSR count). The smallest absolute Gasteiger partial charge is 0.272 e. The normalized spacial score (nSPS) is 10.4. The summed E-state index contributed by atoms with van der Waals surface area (Å²) in [4.78, 5) is 23.0. The van der Waals surface area contributed by atoms with Crippen molar-refractivity contribution in [2.75, 3.05) is 19.0 Å². The molecule has 0 radical (unpaired) electrons. The molecule has 0 bridgehead atoms. The highest BCUT2D eigenvalue weighted by atomic mass is 35.5. The minimum absolute atomic E-state index is 0.158. The molecule has 0 aliphatic carbocycles. The van der Waals surface area contributed by atoms with Crippen molar-refractivity contribution in [2.24, 2.45) is 0 Å². The van der Waals surface area contributed by atoms with Crippen molar-refractivity contribution in [2.45, 2.75) is 13.5 Å². The summed E-state index contributed by atoms with van der Waals surface area (Å²) in [6.45, 7) is 3.03. The lowest BCUT2D eigenvalue weighted by molar-refractivity contribution is 0.0746. The average Bonchev–Trinajstić information content (AvgIpc) is 2.72. The van der Waals surface area contributed by atoms with Gasteiger partial charge in [-0.05, 0) is 30.7 Å². The molecular formula is C21H21ClN4O2. The quantitative estimate of drug-likeness (QED) is 0.634. The fourth-order valence-electron chi connectivity index (χ4n) is 2.75. The number of carbonyl (C=O) groups is 1. The lowest BCUT2D eigenvalue weighted by Crippen LogP contribution is -2.31. The van der Waals surface area contributed by atoms with Gasteiger partial charge in [-0.15, -0.1) is 0 Å². The van der Waals surface area contributed by atoms with Gasteiger partial charge in [0.1, 0.15) is 23.6 Å². The van der Waals surface area contributed by atoms with Gasteiger partial charge in [-0.3, -0.25) is 4.79 Å². The number of amides is 1. The highest BCUT2D eigenvalue weighted by Crippen LogP contribution is 2.30. The van der Waals surface area contributed by atoms with Gasteiger partial charge in [-0.1, -0.05) is 41.9 Å². The second-order valence-corrected chi connectivity index (χ2v) is 6.50. The number of benzene rings is 2. The second-order valence-electron chi connectivity index (χ2n) is 6.06. The summed E-state index contributed by atoms with van der Waals surface area (Å²) in [5.41, 5.74) is 2.04. The molecule has 1 heterocycles. The van der Waals surface area contributed by atoms with Gasteiger partial charge in [0.25, 0.3) is 5.91 Å². The summed E-state index contributed by atoms with van der Waals surface area (Å²) in [5, 5.41) is 3.70. The van der Waals surface area contributed by atoms with E-state index in [0.29, 0.717) is 41.1 Å². The molecule has 0 aliphatic rings. The van der Waals surface area contributed by atoms with E-state index in [1.807, 2.05) is 37.3 Å². The molecule has 0 atom stereocenters. The van der Waals surface area contributed by atoms with Gasteiger partial charge in [-0.2, -0.15) is 0 Å². The van der Waals surface area contributed by atoms with Crippen LogP contribution in [0.25, 0.3) is 0 Å². The Morgan fingerprint density at radius 3 is 2.64 bits per heavy atom. The maximum absolute atomic E-state index is 12.9. The van der Waals surface area contributed by atoms with Crippen molar-refractivity contribution >= 4 is 29.0 Å². The summed E-state index contributed by atoms with van der Waals surface area (Å²) in [5.74, 6) is 0.944. The highest BCUT2D eigenvalue weighted by Gasteiger charge is 2.17. The lowest BCUT2D eigenvalue weighted by Gasteiger charge is -2.20. The maximum atomic E-state index is 12.9. The third kappa shape index (κ3) is 4.78. The van der Waals surface area contributed by atoms with Crippen LogP contribution in [0.5, 0.6) is 5.75 Å². The molecule has 1 aromatic heterocycles. The van der Waals surface area contributed by atoms with E-state index in [4.69, 9.17) is 16.3 Å². The molecule has 0 spiro atoms. The van der Waals surface area contributed by atoms with Crippen LogP contribution < -0.4 is 10.1 Å². The van der Waals surface area contributed by atoms with E-state index in [0.717, 1.165) is 5.56 Å². The Balaban J connectivity index is 1.80. The number of nitrogens with one attached hydrogen (secondary N) is 1. The van der Waals surface area contributed by atoms with Crippen LogP contribution in [0.2, 0.25) is 5.02 Å². The Hall–Kier alpha value is -3.12. The van der Waals surface area contributed by atoms with Crippen LogP contribution in [0.1, 0.15) is 23.0 Å². The third-order valence-corrected chi connectivity index (χ3v) is 4.43. The van der Waals surface area contributed by atoms with Gasteiger partial charge in [0, 0.05) is 24.2 Å². The van der Waals surface area contributed by atoms with Crippen molar-refractivity contribution in [1.82, 2.24) is 14.9 Å². The topological polar surface area (TPSA) is 67.4 Å². The van der Waals surface area contributed by atoms with E-state index in [9.17, 15) is 4.79 Å². The second kappa shape index (κ2) is 9.19. The number of anilines is 2. The van der Waals surface area contributed by atoms with Crippen LogP contribution in [-0.4, -0.2) is 34.4 Å². The van der Waals surface area contributed by atoms with Crippen LogP contribution >= 0.6 is 11.6 Å². The van der Waals surface area contributed by atoms with E-state index in [-0.39, 0.29) is 5.91 Å². The number of hydrogen-bond donors (Lipinski definition) is 1. The first kappa shape index (κ1) is 19.6. The molecule has 0 saturated carbocycles. The van der Waals surface area contributed by atoms with E-state index in [2.05, 4.69) is 15.3 Å². The predicted octanol–water partition coefficient (Wildman–Crippen LogP) is 4.54. The maximum Gasteiger partial charge on any atom is 0.272 e. The van der Waals surface area contributed by atoms with E-state index in [1.165, 1.54) is 6.33 Å². The molecule has 1 amide bonds. The molecule has 0 saturated heterocycles. The molecule has 0 unspecified atom stereocenters. The standard InChI is InChI=1S/C21H21ClN4O2/c1-3-26(13-15-7-5-4-6-8-15)21(27)18-12-20(24-14-23-18)25-17-11-16(22)9-10-19(17)28-2/h4-12,14H,3,13H2,1-2H3,(H,23,24,25). The predicted molar refractivity (Wildman–Crippen MR) is 110 cm³/mol. The fraction of sp³-hybridized carbons (Fsp3) is 0.190. The van der Waals surface area contributed by atoms with Crippen molar-refractivity contribution < 1.29 is 9.53 Å². The van der Waals surface area contributed by atoms with Crippen molar-refractivity contribution in [3.63, 3.8) is 0 Å². The minimum atomic E-state index is -0.158. The van der Waals surface area contributed by atoms with Gasteiger partial charge in [0.15, 0.2) is 0 Å². The summed E-state index contributed by atoms with van der Waals surface area (Å²) >= 11 is 6.07. The van der Waals surface area contributed by atoms with Crippen LogP contribution in [-0.2, 0) is 6.54 Å². The number of halogens is 1. The highest BCUT2D eigenvalue weighted by molar-refractivity contribution is 6.31. The van der Waals surface area contributed by atoms with Gasteiger partial charge in [0.05, 0.1) is 12.8 Å². The number of ether oxygens (including phenoxy) is 1. The van der Waals surface area contributed by atoms with Crippen LogP contribution in [0.15, 0.2) is 60.9 Å². The molecule has 6 nitrogen and oxygen atoms in total. The van der Waals surface area contributed by atoms with Crippen LogP contribution in [0.4, 0.5) is 11.5 Å². The molecule has 3 aromatic rings. The summed E-state index contributed by atoms with van der Waals surface area (Å²) in [6, 6.07) is 16.7. The van der Waals surface area contributed by atoms with E-state index in [1.54, 1.807) is 36.3 Å². The monoisotopic (exact) mass is 396 g/mol. The molecule has 0 fully saturated rings. The molecule has 144 valence electrons. The Bertz CT molecular complexity index is 950. The lowest BCUT2D eigenvalue weighted by atomic mass is 10.2. The first-order valence-electron chi connectivity index (χ1n) is 8.86. The Morgan fingerprint density at radius 2 is 1.93 bits per heavy atom. The summed E-state index contributed by atoms with van der Waals surface area (Å²) in [6.07, 6.45) is 1.36. The molecule has 7 heteroatoms. The number of nitrogens with zero attached hydrogens (tertiary/aromatic N) is 3. The van der Waals surface area contributed by atoms with Crippen LogP contribution in [0, 0.1) is 0 Å². The summed E-state index contributed by atoms with van der Waals surface area (Å²) < 4.78 is 5.33.